The van der Waals surface area contributed by atoms with Crippen LogP contribution < -0.4 is 11.1 Å². The SMILES string of the molecule is CCSCCC(C)NC(=O)c1sccc1C#CCN. The van der Waals surface area contributed by atoms with E-state index in [9.17, 15) is 4.79 Å². The third-order valence-electron chi connectivity index (χ3n) is 2.47. The smallest absolute Gasteiger partial charge is 0.262 e. The van der Waals surface area contributed by atoms with Crippen molar-refractivity contribution in [2.45, 2.75) is 26.3 Å². The molecule has 0 aliphatic rings. The highest BCUT2D eigenvalue weighted by molar-refractivity contribution is 7.99. The molecule has 1 atom stereocenters. The van der Waals surface area contributed by atoms with Gasteiger partial charge in [-0.1, -0.05) is 18.8 Å². The Morgan fingerprint density at radius 3 is 3.11 bits per heavy atom. The fourth-order valence-electron chi connectivity index (χ4n) is 1.50. The summed E-state index contributed by atoms with van der Waals surface area (Å²) in [7, 11) is 0. The lowest BCUT2D eigenvalue weighted by Gasteiger charge is -2.12. The normalized spacial score (nSPS) is 11.5. The van der Waals surface area contributed by atoms with E-state index >= 15 is 0 Å². The molecule has 0 bridgehead atoms. The maximum absolute atomic E-state index is 12.1. The minimum atomic E-state index is -0.0367. The summed E-state index contributed by atoms with van der Waals surface area (Å²) in [5.74, 6) is 7.86. The molecule has 0 aliphatic carbocycles. The van der Waals surface area contributed by atoms with E-state index in [4.69, 9.17) is 5.73 Å². The van der Waals surface area contributed by atoms with E-state index < -0.39 is 0 Å². The highest BCUT2D eigenvalue weighted by Gasteiger charge is 2.14. The number of hydrogen-bond acceptors (Lipinski definition) is 4. The first-order chi connectivity index (χ1) is 9.19. The minimum Gasteiger partial charge on any atom is -0.349 e. The van der Waals surface area contributed by atoms with Crippen LogP contribution in [0, 0.1) is 11.8 Å². The minimum absolute atomic E-state index is 0.0367. The van der Waals surface area contributed by atoms with Crippen molar-refractivity contribution in [1.82, 2.24) is 5.32 Å². The van der Waals surface area contributed by atoms with Crippen molar-refractivity contribution in [3.05, 3.63) is 21.9 Å². The molecule has 5 heteroatoms. The summed E-state index contributed by atoms with van der Waals surface area (Å²) in [5, 5.41) is 4.90. The molecular formula is C14H20N2OS2. The molecule has 1 heterocycles. The lowest BCUT2D eigenvalue weighted by atomic mass is 10.2. The Morgan fingerprint density at radius 1 is 1.63 bits per heavy atom. The van der Waals surface area contributed by atoms with Crippen LogP contribution >= 0.6 is 23.1 Å². The Morgan fingerprint density at radius 2 is 2.42 bits per heavy atom. The number of nitrogens with one attached hydrogen (secondary N) is 1. The number of hydrogen-bond donors (Lipinski definition) is 2. The van der Waals surface area contributed by atoms with Crippen LogP contribution in [0.3, 0.4) is 0 Å². The summed E-state index contributed by atoms with van der Waals surface area (Å²) in [6.45, 7) is 4.48. The third kappa shape index (κ3) is 5.68. The Balaban J connectivity index is 2.56. The molecule has 1 aromatic rings. The number of carbonyl (C=O) groups excluding carboxylic acids is 1. The number of thiophene rings is 1. The van der Waals surface area contributed by atoms with Gasteiger partial charge in [-0.3, -0.25) is 4.79 Å². The second-order valence-electron chi connectivity index (χ2n) is 4.03. The van der Waals surface area contributed by atoms with Gasteiger partial charge in [0.15, 0.2) is 0 Å². The van der Waals surface area contributed by atoms with Crippen molar-refractivity contribution in [1.29, 1.82) is 0 Å². The summed E-state index contributed by atoms with van der Waals surface area (Å²) in [5.41, 5.74) is 6.11. The van der Waals surface area contributed by atoms with Gasteiger partial charge in [-0.05, 0) is 36.3 Å². The van der Waals surface area contributed by atoms with E-state index in [1.54, 1.807) is 0 Å². The molecule has 0 saturated carbocycles. The molecule has 1 amide bonds. The van der Waals surface area contributed by atoms with Crippen molar-refractivity contribution in [3.63, 3.8) is 0 Å². The molecule has 104 valence electrons. The van der Waals surface area contributed by atoms with Crippen LogP contribution in [0.15, 0.2) is 11.4 Å². The molecule has 0 radical (unpaired) electrons. The number of nitrogens with two attached hydrogens (primary N) is 1. The first-order valence-electron chi connectivity index (χ1n) is 6.34. The molecule has 0 spiro atoms. The maximum atomic E-state index is 12.1. The summed E-state index contributed by atoms with van der Waals surface area (Å²) in [6.07, 6.45) is 0.986. The second-order valence-corrected chi connectivity index (χ2v) is 6.34. The van der Waals surface area contributed by atoms with Gasteiger partial charge in [0.25, 0.3) is 5.91 Å². The van der Waals surface area contributed by atoms with Gasteiger partial charge in [-0.25, -0.2) is 0 Å². The fourth-order valence-corrected chi connectivity index (χ4v) is 3.06. The van der Waals surface area contributed by atoms with Crippen LogP contribution in [0.1, 0.15) is 35.5 Å². The zero-order chi connectivity index (χ0) is 14.1. The summed E-state index contributed by atoms with van der Waals surface area (Å²) in [6, 6.07) is 2.05. The molecule has 1 unspecified atom stereocenters. The van der Waals surface area contributed by atoms with Gasteiger partial charge in [-0.15, -0.1) is 11.3 Å². The van der Waals surface area contributed by atoms with Crippen LogP contribution in [0.4, 0.5) is 0 Å². The average molecular weight is 296 g/mol. The molecular weight excluding hydrogens is 276 g/mol. The fraction of sp³-hybridized carbons (Fsp3) is 0.500. The van der Waals surface area contributed by atoms with Crippen LogP contribution in [-0.4, -0.2) is 30.0 Å². The van der Waals surface area contributed by atoms with E-state index in [-0.39, 0.29) is 11.9 Å². The number of amides is 1. The summed E-state index contributed by atoms with van der Waals surface area (Å²) < 4.78 is 0. The summed E-state index contributed by atoms with van der Waals surface area (Å²) >= 11 is 3.31. The molecule has 0 aliphatic heterocycles. The Hall–Kier alpha value is -0.960. The number of thioether (sulfide) groups is 1. The van der Waals surface area contributed by atoms with E-state index in [0.29, 0.717) is 11.4 Å². The number of rotatable bonds is 6. The average Bonchev–Trinajstić information content (AvgIpc) is 2.85. The molecule has 0 aromatic carbocycles. The maximum Gasteiger partial charge on any atom is 0.262 e. The van der Waals surface area contributed by atoms with Crippen molar-refractivity contribution in [2.24, 2.45) is 5.73 Å². The van der Waals surface area contributed by atoms with Crippen LogP contribution in [-0.2, 0) is 0 Å². The second kappa shape index (κ2) is 9.03. The predicted octanol–water partition coefficient (Wildman–Crippen LogP) is 2.32. The molecule has 3 N–H and O–H groups in total. The Bertz CT molecular complexity index is 460. The van der Waals surface area contributed by atoms with Gasteiger partial charge in [0, 0.05) is 11.6 Å². The first-order valence-corrected chi connectivity index (χ1v) is 8.37. The molecule has 19 heavy (non-hydrogen) atoms. The van der Waals surface area contributed by atoms with Crippen LogP contribution in [0.5, 0.6) is 0 Å². The lowest BCUT2D eigenvalue weighted by molar-refractivity contribution is 0.0943. The standard InChI is InChI=1S/C14H20N2OS2/c1-3-18-9-6-11(2)16-14(17)13-12(5-4-8-15)7-10-19-13/h7,10-11H,3,6,8-9,15H2,1-2H3,(H,16,17). The van der Waals surface area contributed by atoms with Crippen molar-refractivity contribution in [3.8, 4) is 11.8 Å². The highest BCUT2D eigenvalue weighted by Crippen LogP contribution is 2.16. The highest BCUT2D eigenvalue weighted by atomic mass is 32.2. The third-order valence-corrected chi connectivity index (χ3v) is 4.32. The van der Waals surface area contributed by atoms with Crippen molar-refractivity contribution >= 4 is 29.0 Å². The Kier molecular flexibility index (Phi) is 7.65. The topological polar surface area (TPSA) is 55.1 Å². The quantitative estimate of drug-likeness (QED) is 0.626. The van der Waals surface area contributed by atoms with Crippen molar-refractivity contribution < 1.29 is 4.79 Å². The van der Waals surface area contributed by atoms with Crippen LogP contribution in [0.2, 0.25) is 0 Å². The van der Waals surface area contributed by atoms with Gasteiger partial charge in [-0.2, -0.15) is 11.8 Å². The number of carbonyl (C=O) groups is 1. The zero-order valence-electron chi connectivity index (χ0n) is 11.4. The van der Waals surface area contributed by atoms with Crippen LogP contribution in [0.25, 0.3) is 0 Å². The van der Waals surface area contributed by atoms with E-state index in [1.807, 2.05) is 30.1 Å². The monoisotopic (exact) mass is 296 g/mol. The summed E-state index contributed by atoms with van der Waals surface area (Å²) in [4.78, 5) is 12.8. The molecule has 0 saturated heterocycles. The van der Waals surface area contributed by atoms with Gasteiger partial charge < -0.3 is 11.1 Å². The lowest BCUT2D eigenvalue weighted by Crippen LogP contribution is -2.32. The molecule has 0 fully saturated rings. The van der Waals surface area contributed by atoms with Gasteiger partial charge >= 0.3 is 0 Å². The first kappa shape index (κ1) is 16.1. The van der Waals surface area contributed by atoms with Gasteiger partial charge in [0.05, 0.1) is 6.54 Å². The molecule has 3 nitrogen and oxygen atoms in total. The Labute approximate surface area is 123 Å². The van der Waals surface area contributed by atoms with E-state index in [2.05, 4.69) is 24.1 Å². The molecule has 1 aromatic heterocycles. The zero-order valence-corrected chi connectivity index (χ0v) is 13.0. The van der Waals surface area contributed by atoms with E-state index in [1.165, 1.54) is 11.3 Å². The molecule has 1 rings (SSSR count). The van der Waals surface area contributed by atoms with Gasteiger partial charge in [0.1, 0.15) is 4.88 Å². The van der Waals surface area contributed by atoms with Crippen molar-refractivity contribution in [2.75, 3.05) is 18.1 Å². The largest absolute Gasteiger partial charge is 0.349 e. The predicted molar refractivity (Wildman–Crippen MR) is 84.8 cm³/mol. The van der Waals surface area contributed by atoms with E-state index in [0.717, 1.165) is 23.5 Å². The van der Waals surface area contributed by atoms with Gasteiger partial charge in [0.2, 0.25) is 0 Å².